The molecule has 0 aliphatic heterocycles. The van der Waals surface area contributed by atoms with E-state index in [2.05, 4.69) is 0 Å². The molecule has 76 valence electrons. The van der Waals surface area contributed by atoms with E-state index in [1.54, 1.807) is 20.8 Å². The van der Waals surface area contributed by atoms with Crippen LogP contribution in [0.4, 0.5) is 0 Å². The monoisotopic (exact) mass is 188 g/mol. The van der Waals surface area contributed by atoms with Crippen molar-refractivity contribution in [2.75, 3.05) is 0 Å². The molecule has 0 rings (SSSR count). The third kappa shape index (κ3) is 5.22. The molecule has 4 heteroatoms. The Labute approximate surface area is 78.2 Å². The van der Waals surface area contributed by atoms with E-state index in [0.717, 1.165) is 0 Å². The van der Waals surface area contributed by atoms with E-state index in [1.165, 1.54) is 6.92 Å². The SMILES string of the molecule is CCC(=O)O[C@@H](C)OC(=O)C(C)C. The Bertz CT molecular complexity index is 186. The number of hydrogen-bond acceptors (Lipinski definition) is 4. The first-order valence-corrected chi connectivity index (χ1v) is 4.37. The Kier molecular flexibility index (Phi) is 5.11. The maximum atomic E-state index is 11.0. The summed E-state index contributed by atoms with van der Waals surface area (Å²) < 4.78 is 9.54. The Balaban J connectivity index is 3.80. The molecular formula is C9H16O4. The highest BCUT2D eigenvalue weighted by Gasteiger charge is 2.15. The zero-order chi connectivity index (χ0) is 10.4. The fourth-order valence-electron chi connectivity index (χ4n) is 0.592. The lowest BCUT2D eigenvalue weighted by atomic mass is 10.2. The number of ether oxygens (including phenoxy) is 2. The molecule has 0 saturated carbocycles. The third-order valence-electron chi connectivity index (χ3n) is 1.34. The normalized spacial score (nSPS) is 12.4. The summed E-state index contributed by atoms with van der Waals surface area (Å²) >= 11 is 0. The number of esters is 2. The van der Waals surface area contributed by atoms with Crippen LogP contribution in [0.3, 0.4) is 0 Å². The van der Waals surface area contributed by atoms with Crippen LogP contribution in [-0.4, -0.2) is 18.2 Å². The molecule has 0 aromatic rings. The summed E-state index contributed by atoms with van der Waals surface area (Å²) in [7, 11) is 0. The quantitative estimate of drug-likeness (QED) is 0.495. The van der Waals surface area contributed by atoms with Crippen LogP contribution in [-0.2, 0) is 19.1 Å². The van der Waals surface area contributed by atoms with Crippen molar-refractivity contribution in [2.45, 2.75) is 40.4 Å². The lowest BCUT2D eigenvalue weighted by molar-refractivity contribution is -0.186. The van der Waals surface area contributed by atoms with Gasteiger partial charge in [0, 0.05) is 13.3 Å². The molecular weight excluding hydrogens is 172 g/mol. The lowest BCUT2D eigenvalue weighted by Crippen LogP contribution is -2.23. The van der Waals surface area contributed by atoms with E-state index in [-0.39, 0.29) is 24.3 Å². The van der Waals surface area contributed by atoms with E-state index in [1.807, 2.05) is 0 Å². The van der Waals surface area contributed by atoms with Crippen LogP contribution >= 0.6 is 0 Å². The minimum Gasteiger partial charge on any atom is -0.425 e. The molecule has 0 aromatic heterocycles. The van der Waals surface area contributed by atoms with Crippen molar-refractivity contribution in [1.29, 1.82) is 0 Å². The standard InChI is InChI=1S/C9H16O4/c1-5-8(10)12-7(4)13-9(11)6(2)3/h6-7H,5H2,1-4H3/t7-/m1/s1. The maximum absolute atomic E-state index is 11.0. The fraction of sp³-hybridized carbons (Fsp3) is 0.778. The Morgan fingerprint density at radius 2 is 1.69 bits per heavy atom. The van der Waals surface area contributed by atoms with Crippen molar-refractivity contribution in [3.63, 3.8) is 0 Å². The van der Waals surface area contributed by atoms with Crippen LogP contribution in [0.15, 0.2) is 0 Å². The van der Waals surface area contributed by atoms with Gasteiger partial charge in [-0.3, -0.25) is 9.59 Å². The molecule has 0 aromatic carbocycles. The van der Waals surface area contributed by atoms with Gasteiger partial charge in [0.05, 0.1) is 5.92 Å². The number of hydrogen-bond donors (Lipinski definition) is 0. The topological polar surface area (TPSA) is 52.6 Å². The summed E-state index contributed by atoms with van der Waals surface area (Å²) in [5, 5.41) is 0. The summed E-state index contributed by atoms with van der Waals surface area (Å²) in [5.41, 5.74) is 0. The van der Waals surface area contributed by atoms with Gasteiger partial charge in [0.25, 0.3) is 0 Å². The molecule has 0 aliphatic carbocycles. The zero-order valence-corrected chi connectivity index (χ0v) is 8.49. The Morgan fingerprint density at radius 3 is 2.08 bits per heavy atom. The first-order valence-electron chi connectivity index (χ1n) is 4.37. The second-order valence-electron chi connectivity index (χ2n) is 3.00. The van der Waals surface area contributed by atoms with Gasteiger partial charge in [0.2, 0.25) is 6.29 Å². The molecule has 0 fully saturated rings. The highest BCUT2D eigenvalue weighted by atomic mass is 16.7. The highest BCUT2D eigenvalue weighted by Crippen LogP contribution is 2.02. The first-order chi connectivity index (χ1) is 5.97. The molecule has 1 atom stereocenters. The Morgan fingerprint density at radius 1 is 1.15 bits per heavy atom. The molecule has 0 radical (unpaired) electrons. The number of rotatable bonds is 4. The third-order valence-corrected chi connectivity index (χ3v) is 1.34. The number of carbonyl (C=O) groups excluding carboxylic acids is 2. The van der Waals surface area contributed by atoms with Gasteiger partial charge in [0.1, 0.15) is 0 Å². The molecule has 13 heavy (non-hydrogen) atoms. The predicted octanol–water partition coefficient (Wildman–Crippen LogP) is 1.48. The average Bonchev–Trinajstić information content (AvgIpc) is 2.03. The molecule has 0 N–H and O–H groups in total. The van der Waals surface area contributed by atoms with Gasteiger partial charge < -0.3 is 9.47 Å². The number of carbonyl (C=O) groups is 2. The van der Waals surface area contributed by atoms with Gasteiger partial charge in [0.15, 0.2) is 0 Å². The molecule has 0 saturated heterocycles. The molecule has 0 amide bonds. The summed E-state index contributed by atoms with van der Waals surface area (Å²) in [6.45, 7) is 6.64. The molecule has 0 heterocycles. The van der Waals surface area contributed by atoms with Crippen LogP contribution in [0.2, 0.25) is 0 Å². The minimum atomic E-state index is -0.789. The summed E-state index contributed by atoms with van der Waals surface area (Å²) in [6, 6.07) is 0. The predicted molar refractivity (Wildman–Crippen MR) is 46.8 cm³/mol. The molecule has 0 unspecified atom stereocenters. The highest BCUT2D eigenvalue weighted by molar-refractivity contribution is 5.72. The smallest absolute Gasteiger partial charge is 0.311 e. The fourth-order valence-corrected chi connectivity index (χ4v) is 0.592. The summed E-state index contributed by atoms with van der Waals surface area (Å²) in [5.74, 6) is -0.941. The second kappa shape index (κ2) is 5.56. The van der Waals surface area contributed by atoms with E-state index in [0.29, 0.717) is 0 Å². The van der Waals surface area contributed by atoms with Gasteiger partial charge in [-0.05, 0) is 0 Å². The molecule has 4 nitrogen and oxygen atoms in total. The lowest BCUT2D eigenvalue weighted by Gasteiger charge is -2.14. The average molecular weight is 188 g/mol. The minimum absolute atomic E-state index is 0.206. The zero-order valence-electron chi connectivity index (χ0n) is 8.49. The molecule has 0 spiro atoms. The van der Waals surface area contributed by atoms with E-state index in [9.17, 15) is 9.59 Å². The van der Waals surface area contributed by atoms with Crippen LogP contribution in [0.25, 0.3) is 0 Å². The van der Waals surface area contributed by atoms with Crippen molar-refractivity contribution >= 4 is 11.9 Å². The van der Waals surface area contributed by atoms with E-state index >= 15 is 0 Å². The van der Waals surface area contributed by atoms with Gasteiger partial charge in [-0.15, -0.1) is 0 Å². The van der Waals surface area contributed by atoms with Gasteiger partial charge in [-0.1, -0.05) is 20.8 Å². The summed E-state index contributed by atoms with van der Waals surface area (Å²) in [4.78, 5) is 21.8. The second-order valence-corrected chi connectivity index (χ2v) is 3.00. The van der Waals surface area contributed by atoms with Crippen LogP contribution in [0, 0.1) is 5.92 Å². The van der Waals surface area contributed by atoms with Gasteiger partial charge in [-0.2, -0.15) is 0 Å². The van der Waals surface area contributed by atoms with Gasteiger partial charge >= 0.3 is 11.9 Å². The molecule has 0 aliphatic rings. The summed E-state index contributed by atoms with van der Waals surface area (Å²) in [6.07, 6.45) is -0.508. The van der Waals surface area contributed by atoms with E-state index in [4.69, 9.17) is 9.47 Å². The van der Waals surface area contributed by atoms with Crippen molar-refractivity contribution in [1.82, 2.24) is 0 Å². The van der Waals surface area contributed by atoms with Crippen LogP contribution in [0.1, 0.15) is 34.1 Å². The maximum Gasteiger partial charge on any atom is 0.311 e. The van der Waals surface area contributed by atoms with Crippen molar-refractivity contribution in [3.8, 4) is 0 Å². The van der Waals surface area contributed by atoms with E-state index < -0.39 is 6.29 Å². The first kappa shape index (κ1) is 11.9. The van der Waals surface area contributed by atoms with Crippen LogP contribution in [0.5, 0.6) is 0 Å². The Hall–Kier alpha value is -1.06. The van der Waals surface area contributed by atoms with Crippen molar-refractivity contribution < 1.29 is 19.1 Å². The molecule has 0 bridgehead atoms. The van der Waals surface area contributed by atoms with Crippen LogP contribution < -0.4 is 0 Å². The van der Waals surface area contributed by atoms with Crippen molar-refractivity contribution in [3.05, 3.63) is 0 Å². The van der Waals surface area contributed by atoms with Crippen molar-refractivity contribution in [2.24, 2.45) is 5.92 Å². The van der Waals surface area contributed by atoms with Gasteiger partial charge in [-0.25, -0.2) is 0 Å². The largest absolute Gasteiger partial charge is 0.425 e.